The van der Waals surface area contributed by atoms with Gasteiger partial charge in [0.25, 0.3) is 15.9 Å². The van der Waals surface area contributed by atoms with Crippen molar-refractivity contribution >= 4 is 33.2 Å². The standard InChI is InChI=1S/C18H15F3N4O3S2/c19-18(20,21)15-6-9-23-17(24-15)22-8-5-12-1-3-14(4-2-12)30(27,28)25-16(26)13-7-10-29-11-13/h1-4,6-7,9-11H,5,8H2,(H,25,26)(H,22,23,24). The van der Waals surface area contributed by atoms with Crippen molar-refractivity contribution in [2.75, 3.05) is 11.9 Å². The zero-order chi connectivity index (χ0) is 21.8. The van der Waals surface area contributed by atoms with Crippen LogP contribution in [0.3, 0.4) is 0 Å². The van der Waals surface area contributed by atoms with Gasteiger partial charge in [-0.05, 0) is 41.6 Å². The van der Waals surface area contributed by atoms with Crippen molar-refractivity contribution in [1.29, 1.82) is 0 Å². The number of nitrogens with one attached hydrogen (secondary N) is 2. The molecule has 0 atom stereocenters. The van der Waals surface area contributed by atoms with E-state index in [1.54, 1.807) is 17.5 Å². The smallest absolute Gasteiger partial charge is 0.354 e. The van der Waals surface area contributed by atoms with Crippen LogP contribution in [0.15, 0.2) is 58.3 Å². The minimum absolute atomic E-state index is 0.0796. The SMILES string of the molecule is O=C(NS(=O)(=O)c1ccc(CCNc2nccc(C(F)(F)F)n2)cc1)c1ccsc1. The van der Waals surface area contributed by atoms with Crippen LogP contribution in [0.5, 0.6) is 0 Å². The van der Waals surface area contributed by atoms with E-state index in [9.17, 15) is 26.4 Å². The third-order valence-corrected chi connectivity index (χ3v) is 5.92. The molecule has 7 nitrogen and oxygen atoms in total. The Balaban J connectivity index is 1.57. The molecule has 12 heteroatoms. The maximum Gasteiger partial charge on any atom is 0.433 e. The van der Waals surface area contributed by atoms with Crippen LogP contribution in [0.4, 0.5) is 19.1 Å². The number of hydrogen-bond acceptors (Lipinski definition) is 7. The second kappa shape index (κ2) is 8.79. The summed E-state index contributed by atoms with van der Waals surface area (Å²) in [6, 6.07) is 8.09. The molecule has 0 aliphatic carbocycles. The molecule has 3 rings (SSSR count). The Morgan fingerprint density at radius 1 is 1.10 bits per heavy atom. The maximum absolute atomic E-state index is 12.7. The number of amides is 1. The summed E-state index contributed by atoms with van der Waals surface area (Å²) in [4.78, 5) is 19.0. The molecule has 0 saturated heterocycles. The highest BCUT2D eigenvalue weighted by atomic mass is 32.2. The molecular formula is C18H15F3N4O3S2. The van der Waals surface area contributed by atoms with E-state index in [0.29, 0.717) is 6.42 Å². The fraction of sp³-hybridized carbons (Fsp3) is 0.167. The topological polar surface area (TPSA) is 101 Å². The van der Waals surface area contributed by atoms with Crippen molar-refractivity contribution in [3.05, 3.63) is 70.2 Å². The number of nitrogens with zero attached hydrogens (tertiary/aromatic N) is 2. The monoisotopic (exact) mass is 456 g/mol. The Morgan fingerprint density at radius 2 is 1.83 bits per heavy atom. The minimum Gasteiger partial charge on any atom is -0.354 e. The zero-order valence-corrected chi connectivity index (χ0v) is 16.8. The van der Waals surface area contributed by atoms with Gasteiger partial charge in [-0.1, -0.05) is 12.1 Å². The van der Waals surface area contributed by atoms with Gasteiger partial charge >= 0.3 is 6.18 Å². The third-order valence-electron chi connectivity index (χ3n) is 3.89. The number of thiophene rings is 1. The molecule has 1 amide bonds. The molecule has 3 aromatic rings. The first-order chi connectivity index (χ1) is 14.1. The van der Waals surface area contributed by atoms with Crippen LogP contribution >= 0.6 is 11.3 Å². The van der Waals surface area contributed by atoms with Crippen molar-refractivity contribution in [2.45, 2.75) is 17.5 Å². The van der Waals surface area contributed by atoms with E-state index in [0.717, 1.165) is 17.8 Å². The van der Waals surface area contributed by atoms with Crippen LogP contribution in [0, 0.1) is 0 Å². The number of carbonyl (C=O) groups excluding carboxylic acids is 1. The Kier molecular flexibility index (Phi) is 6.37. The summed E-state index contributed by atoms with van der Waals surface area (Å²) in [5.74, 6) is -0.870. The molecule has 0 radical (unpaired) electrons. The first-order valence-electron chi connectivity index (χ1n) is 8.47. The van der Waals surface area contributed by atoms with E-state index in [-0.39, 0.29) is 23.0 Å². The maximum atomic E-state index is 12.7. The second-order valence-corrected chi connectivity index (χ2v) is 8.49. The molecule has 158 valence electrons. The van der Waals surface area contributed by atoms with Gasteiger partial charge in [-0.2, -0.15) is 24.5 Å². The van der Waals surface area contributed by atoms with Crippen LogP contribution in [0.25, 0.3) is 0 Å². The van der Waals surface area contributed by atoms with Crippen LogP contribution < -0.4 is 10.0 Å². The number of alkyl halides is 3. The number of benzene rings is 1. The highest BCUT2D eigenvalue weighted by Gasteiger charge is 2.32. The predicted molar refractivity (Wildman–Crippen MR) is 105 cm³/mol. The average molecular weight is 456 g/mol. The number of aromatic nitrogens is 2. The molecule has 1 aromatic carbocycles. The lowest BCUT2D eigenvalue weighted by molar-refractivity contribution is -0.141. The Bertz CT molecular complexity index is 1120. The second-order valence-electron chi connectivity index (χ2n) is 6.03. The summed E-state index contributed by atoms with van der Waals surface area (Å²) in [6.07, 6.45) is -3.15. The number of anilines is 1. The average Bonchev–Trinajstić information content (AvgIpc) is 3.23. The summed E-state index contributed by atoms with van der Waals surface area (Å²) in [6.45, 7) is 0.238. The molecule has 0 bridgehead atoms. The van der Waals surface area contributed by atoms with Crippen molar-refractivity contribution in [1.82, 2.24) is 14.7 Å². The largest absolute Gasteiger partial charge is 0.433 e. The number of hydrogen-bond donors (Lipinski definition) is 2. The molecule has 2 aromatic heterocycles. The van der Waals surface area contributed by atoms with E-state index < -0.39 is 27.8 Å². The molecule has 2 N–H and O–H groups in total. The van der Waals surface area contributed by atoms with E-state index >= 15 is 0 Å². The van der Waals surface area contributed by atoms with Gasteiger partial charge in [0.15, 0.2) is 0 Å². The fourth-order valence-corrected chi connectivity index (χ4v) is 4.00. The van der Waals surface area contributed by atoms with E-state index in [4.69, 9.17) is 0 Å². The van der Waals surface area contributed by atoms with Crippen molar-refractivity contribution < 1.29 is 26.4 Å². The molecule has 0 aliphatic heterocycles. The van der Waals surface area contributed by atoms with Gasteiger partial charge < -0.3 is 5.32 Å². The fourth-order valence-electron chi connectivity index (χ4n) is 2.39. The molecule has 0 spiro atoms. The summed E-state index contributed by atoms with van der Waals surface area (Å²) in [5.41, 5.74) is -0.0558. The number of rotatable bonds is 7. The van der Waals surface area contributed by atoms with E-state index in [1.807, 2.05) is 4.72 Å². The van der Waals surface area contributed by atoms with Gasteiger partial charge in [-0.15, -0.1) is 0 Å². The van der Waals surface area contributed by atoms with Gasteiger partial charge in [0, 0.05) is 18.1 Å². The predicted octanol–water partition coefficient (Wildman–Crippen LogP) is 3.33. The molecule has 0 saturated carbocycles. The first-order valence-corrected chi connectivity index (χ1v) is 10.9. The summed E-state index contributed by atoms with van der Waals surface area (Å²) >= 11 is 1.27. The van der Waals surface area contributed by atoms with Crippen molar-refractivity contribution in [3.8, 4) is 0 Å². The van der Waals surface area contributed by atoms with Gasteiger partial charge in [0.2, 0.25) is 5.95 Å². The van der Waals surface area contributed by atoms with Crippen LogP contribution in [0.2, 0.25) is 0 Å². The van der Waals surface area contributed by atoms with Gasteiger partial charge in [-0.25, -0.2) is 23.1 Å². The Morgan fingerprint density at radius 3 is 2.47 bits per heavy atom. The highest BCUT2D eigenvalue weighted by Crippen LogP contribution is 2.27. The van der Waals surface area contributed by atoms with E-state index in [2.05, 4.69) is 15.3 Å². The van der Waals surface area contributed by atoms with Crippen molar-refractivity contribution in [3.63, 3.8) is 0 Å². The van der Waals surface area contributed by atoms with E-state index in [1.165, 1.54) is 34.9 Å². The number of halogens is 3. The molecule has 0 fully saturated rings. The summed E-state index contributed by atoms with van der Waals surface area (Å²) in [5, 5.41) is 5.89. The van der Waals surface area contributed by atoms with Gasteiger partial charge in [0.05, 0.1) is 10.5 Å². The first kappa shape index (κ1) is 21.7. The molecule has 2 heterocycles. The lowest BCUT2D eigenvalue weighted by Gasteiger charge is -2.09. The lowest BCUT2D eigenvalue weighted by Crippen LogP contribution is -2.30. The summed E-state index contributed by atoms with van der Waals surface area (Å²) in [7, 11) is -4.02. The molecule has 0 unspecified atom stereocenters. The van der Waals surface area contributed by atoms with Crippen molar-refractivity contribution in [2.24, 2.45) is 0 Å². The quantitative estimate of drug-likeness (QED) is 0.566. The number of carbonyl (C=O) groups is 1. The zero-order valence-electron chi connectivity index (χ0n) is 15.2. The molecule has 0 aliphatic rings. The normalized spacial score (nSPS) is 11.8. The third kappa shape index (κ3) is 5.54. The Hall–Kier alpha value is -2.99. The highest BCUT2D eigenvalue weighted by molar-refractivity contribution is 7.90. The minimum atomic E-state index is -4.56. The van der Waals surface area contributed by atoms with Gasteiger partial charge in [-0.3, -0.25) is 4.79 Å². The van der Waals surface area contributed by atoms with Crippen LogP contribution in [-0.2, 0) is 22.6 Å². The Labute approximate surface area is 174 Å². The molecule has 30 heavy (non-hydrogen) atoms. The van der Waals surface area contributed by atoms with Crippen LogP contribution in [0.1, 0.15) is 21.6 Å². The van der Waals surface area contributed by atoms with Gasteiger partial charge in [0.1, 0.15) is 5.69 Å². The summed E-state index contributed by atoms with van der Waals surface area (Å²) < 4.78 is 64.6. The lowest BCUT2D eigenvalue weighted by atomic mass is 10.1. The number of sulfonamides is 1. The molecular weight excluding hydrogens is 441 g/mol. The van der Waals surface area contributed by atoms with Crippen LogP contribution in [-0.4, -0.2) is 30.8 Å².